The molecule has 78 valence electrons. The molecule has 0 spiro atoms. The van der Waals surface area contributed by atoms with Crippen LogP contribution in [0.3, 0.4) is 0 Å². The minimum absolute atomic E-state index is 0.0928. The van der Waals surface area contributed by atoms with Gasteiger partial charge in [-0.3, -0.25) is 0 Å². The Labute approximate surface area is 86.8 Å². The maximum atomic E-state index is 4.43. The third kappa shape index (κ3) is 2.31. The predicted octanol–water partition coefficient (Wildman–Crippen LogP) is 3.29. The van der Waals surface area contributed by atoms with Gasteiger partial charge in [-0.05, 0) is 17.9 Å². The number of nitrogens with zero attached hydrogens (tertiary/aromatic N) is 2. The van der Waals surface area contributed by atoms with Gasteiger partial charge in [0.05, 0.1) is 0 Å². The van der Waals surface area contributed by atoms with Crippen molar-refractivity contribution in [1.82, 2.24) is 9.97 Å². The zero-order chi connectivity index (χ0) is 10.8. The number of hydrogen-bond donors (Lipinski definition) is 0. The molecule has 0 bridgehead atoms. The largest absolute Gasteiger partial charge is 0.241 e. The molecule has 0 aliphatic heterocycles. The zero-order valence-corrected chi connectivity index (χ0v) is 9.83. The summed E-state index contributed by atoms with van der Waals surface area (Å²) >= 11 is 0. The Balaban J connectivity index is 2.94. The lowest BCUT2D eigenvalue weighted by Gasteiger charge is -2.20. The van der Waals surface area contributed by atoms with Crippen molar-refractivity contribution in [3.63, 3.8) is 0 Å². The van der Waals surface area contributed by atoms with Gasteiger partial charge in [0.2, 0.25) is 0 Å². The lowest BCUT2D eigenvalue weighted by Crippen LogP contribution is -2.19. The predicted molar refractivity (Wildman–Crippen MR) is 59.4 cm³/mol. The highest BCUT2D eigenvalue weighted by molar-refractivity contribution is 5.13. The SMILES string of the molecule is CCC(C)(C)c1ncc(C(C)C)cn1. The molecule has 1 rings (SSSR count). The van der Waals surface area contributed by atoms with Crippen LogP contribution in [0.4, 0.5) is 0 Å². The molecule has 0 atom stereocenters. The molecule has 14 heavy (non-hydrogen) atoms. The monoisotopic (exact) mass is 192 g/mol. The van der Waals surface area contributed by atoms with Crippen LogP contribution in [0.5, 0.6) is 0 Å². The summed E-state index contributed by atoms with van der Waals surface area (Å²) < 4.78 is 0. The van der Waals surface area contributed by atoms with Gasteiger partial charge in [-0.15, -0.1) is 0 Å². The zero-order valence-electron chi connectivity index (χ0n) is 9.83. The van der Waals surface area contributed by atoms with Crippen molar-refractivity contribution in [2.45, 2.75) is 52.4 Å². The van der Waals surface area contributed by atoms with Crippen molar-refractivity contribution in [2.75, 3.05) is 0 Å². The van der Waals surface area contributed by atoms with Gasteiger partial charge in [-0.25, -0.2) is 9.97 Å². The van der Waals surface area contributed by atoms with Gasteiger partial charge in [-0.2, -0.15) is 0 Å². The van der Waals surface area contributed by atoms with E-state index in [1.54, 1.807) is 0 Å². The third-order valence-electron chi connectivity index (χ3n) is 2.83. The second-order valence-electron chi connectivity index (χ2n) is 4.73. The average molecular weight is 192 g/mol. The Morgan fingerprint density at radius 3 is 2.07 bits per heavy atom. The van der Waals surface area contributed by atoms with Crippen LogP contribution in [-0.4, -0.2) is 9.97 Å². The van der Waals surface area contributed by atoms with E-state index in [9.17, 15) is 0 Å². The molecule has 0 aliphatic rings. The second kappa shape index (κ2) is 4.07. The van der Waals surface area contributed by atoms with E-state index < -0.39 is 0 Å². The molecule has 1 aromatic heterocycles. The fourth-order valence-corrected chi connectivity index (χ4v) is 1.14. The maximum absolute atomic E-state index is 4.43. The van der Waals surface area contributed by atoms with E-state index >= 15 is 0 Å². The van der Waals surface area contributed by atoms with Gasteiger partial charge in [-0.1, -0.05) is 34.6 Å². The van der Waals surface area contributed by atoms with Crippen LogP contribution in [0.2, 0.25) is 0 Å². The molecule has 1 aromatic rings. The fourth-order valence-electron chi connectivity index (χ4n) is 1.14. The van der Waals surface area contributed by atoms with Gasteiger partial charge < -0.3 is 0 Å². The number of aromatic nitrogens is 2. The van der Waals surface area contributed by atoms with Crippen LogP contribution in [-0.2, 0) is 5.41 Å². The van der Waals surface area contributed by atoms with E-state index in [0.29, 0.717) is 5.92 Å². The van der Waals surface area contributed by atoms with Crippen LogP contribution in [0, 0.1) is 0 Å². The molecule has 0 aliphatic carbocycles. The van der Waals surface area contributed by atoms with E-state index in [1.165, 1.54) is 5.56 Å². The standard InChI is InChI=1S/C12H20N2/c1-6-12(4,5)11-13-7-10(8-14-11)9(2)3/h7-9H,6H2,1-5H3. The molecule has 1 heterocycles. The summed E-state index contributed by atoms with van der Waals surface area (Å²) in [5.41, 5.74) is 1.30. The van der Waals surface area contributed by atoms with Crippen molar-refractivity contribution in [1.29, 1.82) is 0 Å². The molecule has 0 fully saturated rings. The highest BCUT2D eigenvalue weighted by atomic mass is 14.9. The Kier molecular flexibility index (Phi) is 3.25. The molecular formula is C12H20N2. The highest BCUT2D eigenvalue weighted by Crippen LogP contribution is 2.23. The van der Waals surface area contributed by atoms with Crippen LogP contribution in [0.25, 0.3) is 0 Å². The first-order valence-electron chi connectivity index (χ1n) is 5.29. The van der Waals surface area contributed by atoms with Gasteiger partial charge in [0, 0.05) is 17.8 Å². The quantitative estimate of drug-likeness (QED) is 0.734. The lowest BCUT2D eigenvalue weighted by atomic mass is 9.89. The molecule has 0 radical (unpaired) electrons. The van der Waals surface area contributed by atoms with E-state index in [0.717, 1.165) is 12.2 Å². The first-order valence-corrected chi connectivity index (χ1v) is 5.29. The van der Waals surface area contributed by atoms with Crippen LogP contribution in [0.15, 0.2) is 12.4 Å². The van der Waals surface area contributed by atoms with Crippen molar-refractivity contribution < 1.29 is 0 Å². The minimum atomic E-state index is 0.0928. The van der Waals surface area contributed by atoms with Gasteiger partial charge in [0.25, 0.3) is 0 Å². The molecule has 0 unspecified atom stereocenters. The summed E-state index contributed by atoms with van der Waals surface area (Å²) in [5, 5.41) is 0. The van der Waals surface area contributed by atoms with Gasteiger partial charge >= 0.3 is 0 Å². The summed E-state index contributed by atoms with van der Waals surface area (Å²) in [6, 6.07) is 0. The summed E-state index contributed by atoms with van der Waals surface area (Å²) in [6.45, 7) is 10.8. The maximum Gasteiger partial charge on any atom is 0.133 e. The van der Waals surface area contributed by atoms with E-state index in [2.05, 4.69) is 44.6 Å². The molecule has 2 heteroatoms. The van der Waals surface area contributed by atoms with E-state index in [-0.39, 0.29) is 5.41 Å². The molecule has 0 aromatic carbocycles. The fraction of sp³-hybridized carbons (Fsp3) is 0.667. The first-order chi connectivity index (χ1) is 6.47. The van der Waals surface area contributed by atoms with E-state index in [4.69, 9.17) is 0 Å². The molecule has 2 nitrogen and oxygen atoms in total. The van der Waals surface area contributed by atoms with E-state index in [1.807, 2.05) is 12.4 Å². The van der Waals surface area contributed by atoms with Crippen molar-refractivity contribution in [3.05, 3.63) is 23.8 Å². The Bertz CT molecular complexity index is 286. The van der Waals surface area contributed by atoms with Crippen molar-refractivity contribution in [3.8, 4) is 0 Å². The van der Waals surface area contributed by atoms with Crippen molar-refractivity contribution >= 4 is 0 Å². The topological polar surface area (TPSA) is 25.8 Å². The number of hydrogen-bond acceptors (Lipinski definition) is 2. The third-order valence-corrected chi connectivity index (χ3v) is 2.83. The lowest BCUT2D eigenvalue weighted by molar-refractivity contribution is 0.471. The van der Waals surface area contributed by atoms with Crippen LogP contribution < -0.4 is 0 Å². The first kappa shape index (κ1) is 11.2. The molecule has 0 saturated heterocycles. The summed E-state index contributed by atoms with van der Waals surface area (Å²) in [5.74, 6) is 1.46. The molecular weight excluding hydrogens is 172 g/mol. The van der Waals surface area contributed by atoms with Crippen molar-refractivity contribution in [2.24, 2.45) is 0 Å². The smallest absolute Gasteiger partial charge is 0.133 e. The van der Waals surface area contributed by atoms with Gasteiger partial charge in [0.1, 0.15) is 5.82 Å². The molecule has 0 amide bonds. The minimum Gasteiger partial charge on any atom is -0.241 e. The Hall–Kier alpha value is -0.920. The number of rotatable bonds is 3. The Morgan fingerprint density at radius 2 is 1.71 bits per heavy atom. The normalized spacial score (nSPS) is 12.1. The van der Waals surface area contributed by atoms with Crippen LogP contribution in [0.1, 0.15) is 58.3 Å². The molecule has 0 N–H and O–H groups in total. The second-order valence-corrected chi connectivity index (χ2v) is 4.73. The van der Waals surface area contributed by atoms with Crippen LogP contribution >= 0.6 is 0 Å². The molecule has 0 saturated carbocycles. The van der Waals surface area contributed by atoms with Gasteiger partial charge in [0.15, 0.2) is 0 Å². The summed E-state index contributed by atoms with van der Waals surface area (Å²) in [6.07, 6.45) is 4.96. The summed E-state index contributed by atoms with van der Waals surface area (Å²) in [4.78, 5) is 8.86. The highest BCUT2D eigenvalue weighted by Gasteiger charge is 2.21. The summed E-state index contributed by atoms with van der Waals surface area (Å²) in [7, 11) is 0. The Morgan fingerprint density at radius 1 is 1.21 bits per heavy atom. The average Bonchev–Trinajstić information content (AvgIpc) is 2.18.